The van der Waals surface area contributed by atoms with E-state index in [4.69, 9.17) is 11.6 Å². The molecule has 1 aromatic carbocycles. The molecule has 0 radical (unpaired) electrons. The zero-order valence-electron chi connectivity index (χ0n) is 12.0. The van der Waals surface area contributed by atoms with Crippen molar-refractivity contribution in [1.29, 1.82) is 0 Å². The molecule has 1 aromatic rings. The van der Waals surface area contributed by atoms with E-state index in [0.717, 1.165) is 25.2 Å². The summed E-state index contributed by atoms with van der Waals surface area (Å²) >= 11 is 5.92. The van der Waals surface area contributed by atoms with E-state index in [-0.39, 0.29) is 5.82 Å². The largest absolute Gasteiger partial charge is 0.306 e. The van der Waals surface area contributed by atoms with Crippen molar-refractivity contribution in [1.82, 2.24) is 9.80 Å². The first-order valence-corrected chi connectivity index (χ1v) is 7.78. The molecular weight excluding hydrogens is 275 g/mol. The fourth-order valence-electron chi connectivity index (χ4n) is 3.71. The van der Waals surface area contributed by atoms with E-state index in [1.54, 1.807) is 6.07 Å². The van der Waals surface area contributed by atoms with Gasteiger partial charge in [-0.2, -0.15) is 0 Å². The summed E-state index contributed by atoms with van der Waals surface area (Å²) in [5.74, 6) is -0.238. The first-order valence-electron chi connectivity index (χ1n) is 7.41. The highest BCUT2D eigenvalue weighted by Crippen LogP contribution is 2.40. The molecule has 4 heteroatoms. The first-order chi connectivity index (χ1) is 9.55. The van der Waals surface area contributed by atoms with Crippen LogP contribution in [0.4, 0.5) is 4.39 Å². The second kappa shape index (κ2) is 5.63. The van der Waals surface area contributed by atoms with Crippen molar-refractivity contribution in [2.24, 2.45) is 5.41 Å². The lowest BCUT2D eigenvalue weighted by molar-refractivity contribution is 0.105. The van der Waals surface area contributed by atoms with Gasteiger partial charge in [-0.1, -0.05) is 11.6 Å². The van der Waals surface area contributed by atoms with Gasteiger partial charge in [0.25, 0.3) is 0 Å². The van der Waals surface area contributed by atoms with Crippen molar-refractivity contribution in [3.05, 3.63) is 34.6 Å². The van der Waals surface area contributed by atoms with E-state index in [1.807, 2.05) is 6.07 Å². The predicted octanol–water partition coefficient (Wildman–Crippen LogP) is 3.40. The number of piperidine rings is 1. The van der Waals surface area contributed by atoms with Crippen LogP contribution in [-0.4, -0.2) is 43.0 Å². The lowest BCUT2D eigenvalue weighted by Gasteiger charge is -2.39. The van der Waals surface area contributed by atoms with E-state index in [1.165, 1.54) is 38.4 Å². The van der Waals surface area contributed by atoms with Gasteiger partial charge >= 0.3 is 0 Å². The summed E-state index contributed by atoms with van der Waals surface area (Å²) in [5.41, 5.74) is 1.53. The molecule has 20 heavy (non-hydrogen) atoms. The molecule has 0 aliphatic carbocycles. The molecule has 2 nitrogen and oxygen atoms in total. The smallest absolute Gasteiger partial charge is 0.125 e. The Morgan fingerprint density at radius 3 is 2.45 bits per heavy atom. The van der Waals surface area contributed by atoms with Gasteiger partial charge in [0.2, 0.25) is 0 Å². The van der Waals surface area contributed by atoms with Gasteiger partial charge in [-0.05, 0) is 75.1 Å². The lowest BCUT2D eigenvalue weighted by atomic mass is 9.78. The number of hydrogen-bond acceptors (Lipinski definition) is 2. The molecule has 1 spiro atoms. The Morgan fingerprint density at radius 1 is 1.15 bits per heavy atom. The van der Waals surface area contributed by atoms with Gasteiger partial charge in [-0.3, -0.25) is 4.90 Å². The third-order valence-corrected chi connectivity index (χ3v) is 5.09. The Kier molecular flexibility index (Phi) is 4.02. The van der Waals surface area contributed by atoms with Crippen LogP contribution < -0.4 is 0 Å². The molecule has 0 amide bonds. The van der Waals surface area contributed by atoms with Crippen LogP contribution in [0.15, 0.2) is 18.2 Å². The Hall–Kier alpha value is -0.640. The normalized spacial score (nSPS) is 23.6. The van der Waals surface area contributed by atoms with Crippen LogP contribution in [0.3, 0.4) is 0 Å². The third kappa shape index (κ3) is 3.16. The Balaban J connectivity index is 1.58. The van der Waals surface area contributed by atoms with Gasteiger partial charge in [-0.15, -0.1) is 0 Å². The molecule has 0 unspecified atom stereocenters. The number of rotatable bonds is 2. The van der Waals surface area contributed by atoms with Crippen LogP contribution in [-0.2, 0) is 6.54 Å². The average Bonchev–Trinajstić information content (AvgIpc) is 2.73. The van der Waals surface area contributed by atoms with Crippen LogP contribution in [0.5, 0.6) is 0 Å². The lowest BCUT2D eigenvalue weighted by Crippen LogP contribution is -2.40. The quantitative estimate of drug-likeness (QED) is 0.825. The molecule has 2 heterocycles. The topological polar surface area (TPSA) is 6.48 Å². The molecule has 2 fully saturated rings. The Labute approximate surface area is 125 Å². The zero-order valence-corrected chi connectivity index (χ0v) is 12.8. The Morgan fingerprint density at radius 2 is 1.85 bits per heavy atom. The molecule has 3 rings (SSSR count). The maximum Gasteiger partial charge on any atom is 0.125 e. The van der Waals surface area contributed by atoms with Crippen molar-refractivity contribution in [3.63, 3.8) is 0 Å². The van der Waals surface area contributed by atoms with Crippen LogP contribution in [0.2, 0.25) is 5.02 Å². The van der Waals surface area contributed by atoms with Gasteiger partial charge in [0.05, 0.1) is 0 Å². The first kappa shape index (κ1) is 14.3. The molecule has 2 aliphatic heterocycles. The molecule has 2 aliphatic rings. The average molecular weight is 297 g/mol. The maximum atomic E-state index is 13.4. The molecule has 0 aromatic heterocycles. The molecule has 0 bridgehead atoms. The summed E-state index contributed by atoms with van der Waals surface area (Å²) in [6.45, 7) is 5.51. The van der Waals surface area contributed by atoms with Crippen LogP contribution >= 0.6 is 11.6 Å². The highest BCUT2D eigenvalue weighted by Gasteiger charge is 2.39. The van der Waals surface area contributed by atoms with Gasteiger partial charge < -0.3 is 4.90 Å². The van der Waals surface area contributed by atoms with Crippen molar-refractivity contribution in [3.8, 4) is 0 Å². The second-order valence-electron chi connectivity index (χ2n) is 6.54. The summed E-state index contributed by atoms with van der Waals surface area (Å²) in [5, 5.41) is 0.492. The standard InChI is InChI=1S/C16H22ClFN2/c1-19-5-2-16(12-19)3-6-20(7-4-16)11-13-8-14(17)10-15(18)9-13/h8-10H,2-7,11-12H2,1H3. The van der Waals surface area contributed by atoms with E-state index >= 15 is 0 Å². The monoisotopic (exact) mass is 296 g/mol. The van der Waals surface area contributed by atoms with Gasteiger partial charge in [0.1, 0.15) is 5.82 Å². The number of likely N-dealkylation sites (tertiary alicyclic amines) is 2. The van der Waals surface area contributed by atoms with Crippen molar-refractivity contribution in [2.75, 3.05) is 33.2 Å². The Bertz CT molecular complexity index is 463. The molecular formula is C16H22ClFN2. The molecule has 0 saturated carbocycles. The van der Waals surface area contributed by atoms with Crippen LogP contribution in [0, 0.1) is 11.2 Å². The van der Waals surface area contributed by atoms with E-state index < -0.39 is 0 Å². The summed E-state index contributed by atoms with van der Waals surface area (Å²) in [4.78, 5) is 4.87. The summed E-state index contributed by atoms with van der Waals surface area (Å²) in [7, 11) is 2.22. The fraction of sp³-hybridized carbons (Fsp3) is 0.625. The highest BCUT2D eigenvalue weighted by molar-refractivity contribution is 6.30. The summed E-state index contributed by atoms with van der Waals surface area (Å²) in [6.07, 6.45) is 3.86. The summed E-state index contributed by atoms with van der Waals surface area (Å²) < 4.78 is 13.4. The van der Waals surface area contributed by atoms with E-state index in [0.29, 0.717) is 10.4 Å². The number of hydrogen-bond donors (Lipinski definition) is 0. The van der Waals surface area contributed by atoms with Crippen molar-refractivity contribution < 1.29 is 4.39 Å². The third-order valence-electron chi connectivity index (χ3n) is 4.87. The van der Waals surface area contributed by atoms with E-state index in [9.17, 15) is 4.39 Å². The van der Waals surface area contributed by atoms with Crippen LogP contribution in [0.25, 0.3) is 0 Å². The SMILES string of the molecule is CN1CCC2(CCN(Cc3cc(F)cc(Cl)c3)CC2)C1. The maximum absolute atomic E-state index is 13.4. The highest BCUT2D eigenvalue weighted by atomic mass is 35.5. The van der Waals surface area contributed by atoms with E-state index in [2.05, 4.69) is 16.8 Å². The fourth-order valence-corrected chi connectivity index (χ4v) is 3.96. The summed E-state index contributed by atoms with van der Waals surface area (Å²) in [6, 6.07) is 4.84. The molecule has 0 N–H and O–H groups in total. The number of benzene rings is 1. The predicted molar refractivity (Wildman–Crippen MR) is 80.5 cm³/mol. The zero-order chi connectivity index (χ0) is 14.2. The minimum Gasteiger partial charge on any atom is -0.306 e. The second-order valence-corrected chi connectivity index (χ2v) is 6.98. The minimum absolute atomic E-state index is 0.238. The van der Waals surface area contributed by atoms with Gasteiger partial charge in [0, 0.05) is 18.1 Å². The van der Waals surface area contributed by atoms with Crippen molar-refractivity contribution in [2.45, 2.75) is 25.8 Å². The minimum atomic E-state index is -0.238. The van der Waals surface area contributed by atoms with Crippen molar-refractivity contribution >= 4 is 11.6 Å². The number of nitrogens with zero attached hydrogens (tertiary/aromatic N) is 2. The molecule has 2 saturated heterocycles. The van der Waals surface area contributed by atoms with Gasteiger partial charge in [0.15, 0.2) is 0 Å². The number of halogens is 2. The van der Waals surface area contributed by atoms with Gasteiger partial charge in [-0.25, -0.2) is 4.39 Å². The molecule has 0 atom stereocenters. The van der Waals surface area contributed by atoms with Crippen LogP contribution in [0.1, 0.15) is 24.8 Å². The molecule has 110 valence electrons.